The first-order chi connectivity index (χ1) is 9.90. The molecule has 116 valence electrons. The fraction of sp³-hybridized carbons (Fsp3) is 0.471. The zero-order valence-electron chi connectivity index (χ0n) is 13.4. The molecule has 0 spiro atoms. The average molecular weight is 291 g/mol. The minimum absolute atomic E-state index is 0.346. The van der Waals surface area contributed by atoms with Crippen LogP contribution in [0.15, 0.2) is 30.9 Å². The summed E-state index contributed by atoms with van der Waals surface area (Å²) < 4.78 is 10.8. The number of aryl methyl sites for hydroxylation is 1. The highest BCUT2D eigenvalue weighted by Crippen LogP contribution is 2.24. The third-order valence-electron chi connectivity index (χ3n) is 2.99. The van der Waals surface area contributed by atoms with Crippen molar-refractivity contribution in [3.8, 4) is 5.75 Å². The number of ether oxygens (including phenoxy) is 2. The van der Waals surface area contributed by atoms with Gasteiger partial charge in [-0.2, -0.15) is 0 Å². The van der Waals surface area contributed by atoms with E-state index in [9.17, 15) is 4.79 Å². The summed E-state index contributed by atoms with van der Waals surface area (Å²) in [6, 6.07) is 5.92. The predicted octanol–water partition coefficient (Wildman–Crippen LogP) is 2.99. The molecule has 0 aliphatic heterocycles. The summed E-state index contributed by atoms with van der Waals surface area (Å²) in [6.07, 6.45) is 1.83. The molecule has 0 saturated carbocycles. The topological polar surface area (TPSA) is 47.6 Å². The maximum absolute atomic E-state index is 11.9. The first kappa shape index (κ1) is 17.2. The molecule has 0 unspecified atom stereocenters. The van der Waals surface area contributed by atoms with E-state index in [4.69, 9.17) is 9.47 Å². The Morgan fingerprint density at radius 2 is 2.14 bits per heavy atom. The van der Waals surface area contributed by atoms with Gasteiger partial charge < -0.3 is 14.8 Å². The molecule has 1 N–H and O–H groups in total. The maximum atomic E-state index is 11.9. The molecule has 0 aliphatic rings. The first-order valence-electron chi connectivity index (χ1n) is 7.18. The Balaban J connectivity index is 2.76. The normalized spacial score (nSPS) is 11.0. The minimum atomic E-state index is -0.997. The van der Waals surface area contributed by atoms with Crippen molar-refractivity contribution in [1.82, 2.24) is 5.32 Å². The molecule has 4 heteroatoms. The lowest BCUT2D eigenvalue weighted by molar-refractivity contribution is -0.158. The van der Waals surface area contributed by atoms with Gasteiger partial charge in [0.2, 0.25) is 0 Å². The summed E-state index contributed by atoms with van der Waals surface area (Å²) in [5.74, 6) is 0.335. The highest BCUT2D eigenvalue weighted by molar-refractivity contribution is 5.79. The van der Waals surface area contributed by atoms with Crippen LogP contribution < -0.4 is 10.1 Å². The van der Waals surface area contributed by atoms with Gasteiger partial charge >= 0.3 is 5.97 Å². The van der Waals surface area contributed by atoms with Gasteiger partial charge in [0.25, 0.3) is 0 Å². The molecule has 0 radical (unpaired) electrons. The summed E-state index contributed by atoms with van der Waals surface area (Å²) in [5.41, 5.74) is 1.16. The Labute approximate surface area is 127 Å². The summed E-state index contributed by atoms with van der Waals surface area (Å²) in [4.78, 5) is 11.9. The van der Waals surface area contributed by atoms with Crippen LogP contribution in [0, 0.1) is 6.92 Å². The van der Waals surface area contributed by atoms with E-state index in [2.05, 4.69) is 11.9 Å². The van der Waals surface area contributed by atoms with Gasteiger partial charge in [-0.3, -0.25) is 0 Å². The molecule has 1 rings (SSSR count). The first-order valence-corrected chi connectivity index (χ1v) is 7.18. The van der Waals surface area contributed by atoms with Crippen molar-refractivity contribution < 1.29 is 14.3 Å². The van der Waals surface area contributed by atoms with Crippen molar-refractivity contribution in [2.45, 2.75) is 39.8 Å². The van der Waals surface area contributed by atoms with Crippen molar-refractivity contribution in [3.63, 3.8) is 0 Å². The molecule has 0 fully saturated rings. The second-order valence-corrected chi connectivity index (χ2v) is 5.35. The molecule has 1 aromatic carbocycles. The molecular weight excluding hydrogens is 266 g/mol. The summed E-state index contributed by atoms with van der Waals surface area (Å²) in [5, 5.41) is 3.25. The highest BCUT2D eigenvalue weighted by atomic mass is 16.6. The monoisotopic (exact) mass is 291 g/mol. The standard InChI is InChI=1S/C17H25NO3/c1-6-10-18-12-14-8-9-15(13(3)11-14)21-17(4,5)16(19)20-7-2/h6,8-9,11,18H,1,7,10,12H2,2-5H3. The summed E-state index contributed by atoms with van der Waals surface area (Å²) >= 11 is 0. The van der Waals surface area contributed by atoms with Crippen molar-refractivity contribution in [3.05, 3.63) is 42.0 Å². The maximum Gasteiger partial charge on any atom is 0.349 e. The third-order valence-corrected chi connectivity index (χ3v) is 2.99. The number of nitrogens with one attached hydrogen (secondary N) is 1. The van der Waals surface area contributed by atoms with Gasteiger partial charge in [-0.15, -0.1) is 6.58 Å². The minimum Gasteiger partial charge on any atom is -0.476 e. The van der Waals surface area contributed by atoms with Gasteiger partial charge in [0, 0.05) is 13.1 Å². The van der Waals surface area contributed by atoms with E-state index in [0.29, 0.717) is 12.4 Å². The van der Waals surface area contributed by atoms with Crippen LogP contribution in [-0.4, -0.2) is 24.7 Å². The zero-order chi connectivity index (χ0) is 15.9. The van der Waals surface area contributed by atoms with E-state index < -0.39 is 5.60 Å². The third kappa shape index (κ3) is 5.23. The van der Waals surface area contributed by atoms with Gasteiger partial charge in [0.05, 0.1) is 6.61 Å². The number of rotatable bonds is 8. The van der Waals surface area contributed by atoms with Crippen molar-refractivity contribution in [2.75, 3.05) is 13.2 Å². The fourth-order valence-electron chi connectivity index (χ4n) is 1.88. The van der Waals surface area contributed by atoms with E-state index in [1.165, 1.54) is 0 Å². The van der Waals surface area contributed by atoms with E-state index in [0.717, 1.165) is 24.2 Å². The van der Waals surface area contributed by atoms with Crippen LogP contribution in [0.4, 0.5) is 0 Å². The van der Waals surface area contributed by atoms with Crippen molar-refractivity contribution in [2.24, 2.45) is 0 Å². The molecule has 0 heterocycles. The number of hydrogen-bond donors (Lipinski definition) is 1. The Hall–Kier alpha value is -1.81. The second-order valence-electron chi connectivity index (χ2n) is 5.35. The van der Waals surface area contributed by atoms with Crippen LogP contribution in [0.5, 0.6) is 5.75 Å². The largest absolute Gasteiger partial charge is 0.476 e. The Kier molecular flexibility index (Phi) is 6.43. The second kappa shape index (κ2) is 7.84. The van der Waals surface area contributed by atoms with Gasteiger partial charge in [-0.05, 0) is 44.9 Å². The van der Waals surface area contributed by atoms with Crippen LogP contribution >= 0.6 is 0 Å². The molecule has 1 aromatic rings. The lowest BCUT2D eigenvalue weighted by atomic mass is 10.1. The van der Waals surface area contributed by atoms with Crippen molar-refractivity contribution in [1.29, 1.82) is 0 Å². The zero-order valence-corrected chi connectivity index (χ0v) is 13.4. The summed E-state index contributed by atoms with van der Waals surface area (Å²) in [7, 11) is 0. The number of hydrogen-bond acceptors (Lipinski definition) is 4. The molecule has 0 saturated heterocycles. The molecule has 0 amide bonds. The van der Waals surface area contributed by atoms with E-state index >= 15 is 0 Å². The van der Waals surface area contributed by atoms with Gasteiger partial charge in [-0.25, -0.2) is 4.79 Å². The van der Waals surface area contributed by atoms with Crippen LogP contribution in [0.25, 0.3) is 0 Å². The average Bonchev–Trinajstić information content (AvgIpc) is 2.42. The molecule has 0 bridgehead atoms. The van der Waals surface area contributed by atoms with E-state index in [1.807, 2.05) is 31.2 Å². The predicted molar refractivity (Wildman–Crippen MR) is 84.4 cm³/mol. The summed E-state index contributed by atoms with van der Waals surface area (Å²) in [6.45, 7) is 12.7. The van der Waals surface area contributed by atoms with Crippen LogP contribution in [0.1, 0.15) is 31.9 Å². The van der Waals surface area contributed by atoms with Crippen molar-refractivity contribution >= 4 is 5.97 Å². The molecule has 0 aromatic heterocycles. The molecule has 4 nitrogen and oxygen atoms in total. The highest BCUT2D eigenvalue weighted by Gasteiger charge is 2.31. The van der Waals surface area contributed by atoms with E-state index in [-0.39, 0.29) is 5.97 Å². The van der Waals surface area contributed by atoms with Crippen LogP contribution in [0.2, 0.25) is 0 Å². The van der Waals surface area contributed by atoms with Crippen LogP contribution in [0.3, 0.4) is 0 Å². The molecule has 0 atom stereocenters. The number of esters is 1. The lowest BCUT2D eigenvalue weighted by Crippen LogP contribution is -2.39. The fourth-order valence-corrected chi connectivity index (χ4v) is 1.88. The van der Waals surface area contributed by atoms with E-state index in [1.54, 1.807) is 20.8 Å². The molecule has 0 aliphatic carbocycles. The molecular formula is C17H25NO3. The Morgan fingerprint density at radius 1 is 1.43 bits per heavy atom. The molecule has 21 heavy (non-hydrogen) atoms. The smallest absolute Gasteiger partial charge is 0.349 e. The number of carbonyl (C=O) groups excluding carboxylic acids is 1. The Bertz CT molecular complexity index is 495. The number of carbonyl (C=O) groups is 1. The van der Waals surface area contributed by atoms with Crippen LogP contribution in [-0.2, 0) is 16.1 Å². The quantitative estimate of drug-likeness (QED) is 0.454. The number of benzene rings is 1. The SMILES string of the molecule is C=CCNCc1ccc(OC(C)(C)C(=O)OCC)c(C)c1. The van der Waals surface area contributed by atoms with Gasteiger partial charge in [-0.1, -0.05) is 18.2 Å². The van der Waals surface area contributed by atoms with Gasteiger partial charge in [0.15, 0.2) is 5.60 Å². The Morgan fingerprint density at radius 3 is 2.71 bits per heavy atom. The lowest BCUT2D eigenvalue weighted by Gasteiger charge is -2.25. The van der Waals surface area contributed by atoms with Gasteiger partial charge in [0.1, 0.15) is 5.75 Å².